The Balaban J connectivity index is 1.34. The Morgan fingerprint density at radius 2 is 1.91 bits per heavy atom. The van der Waals surface area contributed by atoms with Gasteiger partial charge in [0, 0.05) is 30.1 Å². The first-order valence-corrected chi connectivity index (χ1v) is 16.5. The first-order chi connectivity index (χ1) is 20.9. The van der Waals surface area contributed by atoms with Gasteiger partial charge in [-0.1, -0.05) is 39.8 Å². The summed E-state index contributed by atoms with van der Waals surface area (Å²) < 4.78 is 1.93. The molecular formula is C34H49N7O2. The van der Waals surface area contributed by atoms with E-state index in [-0.39, 0.29) is 23.8 Å². The number of aromatic nitrogens is 2. The number of benzene rings is 1. The number of anilines is 1. The van der Waals surface area contributed by atoms with Gasteiger partial charge in [0.1, 0.15) is 12.0 Å². The molecule has 5 rings (SSSR count). The van der Waals surface area contributed by atoms with Crippen LogP contribution in [0.2, 0.25) is 0 Å². The molecule has 1 saturated heterocycles. The number of hydrogen-bond acceptors (Lipinski definition) is 7. The van der Waals surface area contributed by atoms with Crippen LogP contribution in [0.5, 0.6) is 0 Å². The van der Waals surface area contributed by atoms with E-state index < -0.39 is 0 Å². The fourth-order valence-electron chi connectivity index (χ4n) is 6.21. The van der Waals surface area contributed by atoms with E-state index in [0.717, 1.165) is 42.9 Å². The molecule has 43 heavy (non-hydrogen) atoms. The van der Waals surface area contributed by atoms with Gasteiger partial charge in [0.2, 0.25) is 5.91 Å². The van der Waals surface area contributed by atoms with Crippen molar-refractivity contribution in [1.29, 1.82) is 0 Å². The maximum Gasteiger partial charge on any atom is 0.224 e. The lowest BCUT2D eigenvalue weighted by Gasteiger charge is -2.32. The molecule has 2 aliphatic heterocycles. The second kappa shape index (κ2) is 14.4. The average molecular weight is 588 g/mol. The Hall–Kier alpha value is -3.30. The Bertz CT molecular complexity index is 1320. The minimum absolute atomic E-state index is 0.0559. The van der Waals surface area contributed by atoms with Crippen molar-refractivity contribution in [2.75, 3.05) is 25.0 Å². The number of hydrogen-bond donors (Lipinski definition) is 3. The van der Waals surface area contributed by atoms with E-state index in [1.807, 2.05) is 4.68 Å². The molecule has 2 aromatic rings. The lowest BCUT2D eigenvalue weighted by atomic mass is 9.91. The van der Waals surface area contributed by atoms with Gasteiger partial charge in [0.25, 0.3) is 0 Å². The summed E-state index contributed by atoms with van der Waals surface area (Å²) in [5.74, 6) is 1.98. The zero-order valence-corrected chi connectivity index (χ0v) is 26.4. The van der Waals surface area contributed by atoms with Crippen molar-refractivity contribution < 1.29 is 9.59 Å². The molecule has 0 bridgehead atoms. The molecule has 1 aliphatic carbocycles. The number of nitrogens with zero attached hydrogens (tertiary/aromatic N) is 4. The summed E-state index contributed by atoms with van der Waals surface area (Å²) >= 11 is 0. The lowest BCUT2D eigenvalue weighted by Crippen LogP contribution is -2.41. The summed E-state index contributed by atoms with van der Waals surface area (Å²) in [6, 6.07) is 9.33. The van der Waals surface area contributed by atoms with Crippen molar-refractivity contribution in [2.45, 2.75) is 104 Å². The predicted molar refractivity (Wildman–Crippen MR) is 173 cm³/mol. The molecule has 1 aromatic carbocycles. The standard InChI is InChI=1S/C34H49N7O2/c1-5-19-40(7-3)20-9-10-24(6-2)25-13-15-27(16-14-25)36-32-23(4)33(37-28-17-18-28)41-34(39-32)26(22-35-41)21-29-30(42)11-8-12-31(43)38-29/h13-16,21-24,28,33,37H,5-12,17-20H2,1-4H3,(H,36,39)(H,38,43). The van der Waals surface area contributed by atoms with Gasteiger partial charge in [0.15, 0.2) is 11.6 Å². The molecule has 1 amide bonds. The van der Waals surface area contributed by atoms with Gasteiger partial charge in [-0.25, -0.2) is 9.67 Å². The highest BCUT2D eigenvalue weighted by atomic mass is 16.2. The zero-order chi connectivity index (χ0) is 30.3. The lowest BCUT2D eigenvalue weighted by molar-refractivity contribution is -0.121. The van der Waals surface area contributed by atoms with Crippen LogP contribution in [0.15, 0.2) is 41.2 Å². The predicted octanol–water partition coefficient (Wildman–Crippen LogP) is 6.14. The molecule has 3 heterocycles. The van der Waals surface area contributed by atoms with Crippen LogP contribution in [-0.2, 0) is 9.59 Å². The van der Waals surface area contributed by atoms with Gasteiger partial charge in [-0.15, -0.1) is 0 Å². The highest BCUT2D eigenvalue weighted by molar-refractivity contribution is 6.05. The van der Waals surface area contributed by atoms with Crippen molar-refractivity contribution in [2.24, 2.45) is 10.9 Å². The van der Waals surface area contributed by atoms with Crippen molar-refractivity contribution in [3.8, 4) is 0 Å². The summed E-state index contributed by atoms with van der Waals surface area (Å²) in [7, 11) is 0. The van der Waals surface area contributed by atoms with Crippen molar-refractivity contribution in [1.82, 2.24) is 25.3 Å². The van der Waals surface area contributed by atoms with Crippen molar-refractivity contribution >= 4 is 35.1 Å². The molecule has 3 aliphatic rings. The topological polar surface area (TPSA) is 104 Å². The summed E-state index contributed by atoms with van der Waals surface area (Å²) in [6.07, 6.45) is 11.8. The smallest absolute Gasteiger partial charge is 0.224 e. The molecule has 3 atom stereocenters. The van der Waals surface area contributed by atoms with E-state index in [0.29, 0.717) is 42.7 Å². The van der Waals surface area contributed by atoms with E-state index in [1.165, 1.54) is 37.9 Å². The second-order valence-electron chi connectivity index (χ2n) is 12.4. The molecule has 0 spiro atoms. The SMILES string of the molecule is CCCN(CC)CCCC(CC)c1ccc(NC2=Nc3c(C=C4NC(=O)CCCC4=O)cnn3C(NC3CC3)C2C)cc1. The number of carbonyl (C=O) groups is 2. The Labute approximate surface area is 256 Å². The van der Waals surface area contributed by atoms with E-state index in [1.54, 1.807) is 12.3 Å². The van der Waals surface area contributed by atoms with Crippen LogP contribution in [-0.4, -0.2) is 57.9 Å². The molecule has 9 nitrogen and oxygen atoms in total. The molecule has 0 radical (unpaired) electrons. The fraction of sp³-hybridized carbons (Fsp3) is 0.588. The van der Waals surface area contributed by atoms with E-state index in [4.69, 9.17) is 4.99 Å². The molecule has 3 N–H and O–H groups in total. The largest absolute Gasteiger partial charge is 0.343 e. The van der Waals surface area contributed by atoms with Gasteiger partial charge in [-0.2, -0.15) is 5.10 Å². The normalized spacial score (nSPS) is 22.3. The minimum atomic E-state index is -0.126. The van der Waals surface area contributed by atoms with Crippen LogP contribution in [0.4, 0.5) is 11.5 Å². The molecule has 9 heteroatoms. The number of carbonyl (C=O) groups excluding carboxylic acids is 2. The number of rotatable bonds is 13. The first-order valence-electron chi connectivity index (χ1n) is 16.5. The second-order valence-corrected chi connectivity index (χ2v) is 12.4. The Morgan fingerprint density at radius 1 is 1.12 bits per heavy atom. The summed E-state index contributed by atoms with van der Waals surface area (Å²) in [5, 5.41) is 14.8. The van der Waals surface area contributed by atoms with Crippen molar-refractivity contribution in [3.05, 3.63) is 47.3 Å². The van der Waals surface area contributed by atoms with Crippen LogP contribution in [0.25, 0.3) is 6.08 Å². The quantitative estimate of drug-likeness (QED) is 0.243. The summed E-state index contributed by atoms with van der Waals surface area (Å²) in [4.78, 5) is 32.4. The number of amidine groups is 1. The third kappa shape index (κ3) is 7.81. The van der Waals surface area contributed by atoms with Crippen LogP contribution < -0.4 is 16.0 Å². The third-order valence-electron chi connectivity index (χ3n) is 9.02. The minimum Gasteiger partial charge on any atom is -0.343 e. The van der Waals surface area contributed by atoms with Crippen LogP contribution in [0, 0.1) is 5.92 Å². The van der Waals surface area contributed by atoms with E-state index in [9.17, 15) is 9.59 Å². The summed E-state index contributed by atoms with van der Waals surface area (Å²) in [6.45, 7) is 12.4. The molecule has 1 saturated carbocycles. The number of allylic oxidation sites excluding steroid dienone is 1. The van der Waals surface area contributed by atoms with Crippen LogP contribution in [0.1, 0.15) is 109 Å². The molecule has 1 aromatic heterocycles. The van der Waals surface area contributed by atoms with Gasteiger partial charge in [0.05, 0.1) is 17.8 Å². The Kier molecular flexibility index (Phi) is 10.5. The van der Waals surface area contributed by atoms with Crippen molar-refractivity contribution in [3.63, 3.8) is 0 Å². The fourth-order valence-corrected chi connectivity index (χ4v) is 6.21. The van der Waals surface area contributed by atoms with Gasteiger partial charge in [-0.3, -0.25) is 14.9 Å². The third-order valence-corrected chi connectivity index (χ3v) is 9.02. The zero-order valence-electron chi connectivity index (χ0n) is 26.4. The maximum atomic E-state index is 12.7. The van der Waals surface area contributed by atoms with Gasteiger partial charge < -0.3 is 15.5 Å². The first kappa shape index (κ1) is 31.1. The number of ketones is 1. The highest BCUT2D eigenvalue weighted by Gasteiger charge is 2.36. The number of fused-ring (bicyclic) bond motifs is 1. The molecule has 2 fully saturated rings. The van der Waals surface area contributed by atoms with E-state index in [2.05, 4.69) is 77.9 Å². The number of Topliss-reactive ketones (excluding diaryl/α,β-unsaturated/α-hetero) is 1. The highest BCUT2D eigenvalue weighted by Crippen LogP contribution is 2.36. The number of amides is 1. The Morgan fingerprint density at radius 3 is 2.60 bits per heavy atom. The number of aliphatic imine (C=N–C) groups is 1. The average Bonchev–Trinajstić information content (AvgIpc) is 3.77. The molecule has 232 valence electrons. The summed E-state index contributed by atoms with van der Waals surface area (Å²) in [5.41, 5.74) is 3.44. The van der Waals surface area contributed by atoms with Gasteiger partial charge in [-0.05, 0) is 94.3 Å². The van der Waals surface area contributed by atoms with Gasteiger partial charge >= 0.3 is 0 Å². The van der Waals surface area contributed by atoms with Crippen LogP contribution >= 0.6 is 0 Å². The maximum absolute atomic E-state index is 12.7. The number of nitrogens with one attached hydrogen (secondary N) is 3. The van der Waals surface area contributed by atoms with Crippen LogP contribution in [0.3, 0.4) is 0 Å². The molecular weight excluding hydrogens is 538 g/mol. The monoisotopic (exact) mass is 587 g/mol. The molecule has 3 unspecified atom stereocenters. The van der Waals surface area contributed by atoms with E-state index >= 15 is 0 Å².